The Hall–Kier alpha value is -1.90. The summed E-state index contributed by atoms with van der Waals surface area (Å²) in [5.74, 6) is 0. The third-order valence-corrected chi connectivity index (χ3v) is 5.43. The van der Waals surface area contributed by atoms with Crippen LogP contribution in [0.1, 0.15) is 30.4 Å². The summed E-state index contributed by atoms with van der Waals surface area (Å²) in [5, 5.41) is 0. The summed E-state index contributed by atoms with van der Waals surface area (Å²) in [6.45, 7) is 2.75. The molecule has 0 N–H and O–H groups in total. The Morgan fingerprint density at radius 2 is 1.56 bits per heavy atom. The first-order valence-electron chi connectivity index (χ1n) is 9.49. The van der Waals surface area contributed by atoms with Crippen LogP contribution in [0.3, 0.4) is 0 Å². The van der Waals surface area contributed by atoms with Crippen LogP contribution >= 0.6 is 0 Å². The lowest BCUT2D eigenvalue weighted by atomic mass is 9.90. The van der Waals surface area contributed by atoms with E-state index in [1.165, 1.54) is 30.4 Å². The maximum absolute atomic E-state index is 5.84. The molecule has 1 saturated heterocycles. The standard InChI is InChI=1S/C23H27NO/c1-3-8-19(9-4-1)12-7-13-21-14-22-17-25-18-23(15-21)24(22)16-20-10-5-2-6-11-20/h1-6,8-11,14,22-23H,7,12-13,15-18H2. The predicted octanol–water partition coefficient (Wildman–Crippen LogP) is 4.61. The van der Waals surface area contributed by atoms with Gasteiger partial charge in [0, 0.05) is 12.6 Å². The zero-order chi connectivity index (χ0) is 16.9. The van der Waals surface area contributed by atoms with E-state index in [0.29, 0.717) is 12.1 Å². The third kappa shape index (κ3) is 4.20. The van der Waals surface area contributed by atoms with Crippen LogP contribution in [0.2, 0.25) is 0 Å². The van der Waals surface area contributed by atoms with Crippen LogP contribution in [0.4, 0.5) is 0 Å². The van der Waals surface area contributed by atoms with Gasteiger partial charge in [0.1, 0.15) is 0 Å². The second-order valence-corrected chi connectivity index (χ2v) is 7.28. The van der Waals surface area contributed by atoms with Crippen molar-refractivity contribution in [3.8, 4) is 0 Å². The van der Waals surface area contributed by atoms with E-state index in [4.69, 9.17) is 4.74 Å². The highest BCUT2D eigenvalue weighted by atomic mass is 16.5. The van der Waals surface area contributed by atoms with Gasteiger partial charge in [-0.3, -0.25) is 4.90 Å². The first-order valence-corrected chi connectivity index (χ1v) is 9.49. The number of ether oxygens (including phenoxy) is 1. The van der Waals surface area contributed by atoms with Gasteiger partial charge in [0.2, 0.25) is 0 Å². The largest absolute Gasteiger partial charge is 0.378 e. The molecule has 25 heavy (non-hydrogen) atoms. The molecule has 2 nitrogen and oxygen atoms in total. The van der Waals surface area contributed by atoms with Gasteiger partial charge in [0.25, 0.3) is 0 Å². The van der Waals surface area contributed by atoms with E-state index in [-0.39, 0.29) is 0 Å². The molecular formula is C23H27NO. The number of fused-ring (bicyclic) bond motifs is 2. The number of benzene rings is 2. The molecule has 2 aromatic carbocycles. The molecule has 2 aliphatic heterocycles. The molecule has 0 spiro atoms. The van der Waals surface area contributed by atoms with Crippen molar-refractivity contribution in [3.05, 3.63) is 83.4 Å². The van der Waals surface area contributed by atoms with Crippen LogP contribution in [0.5, 0.6) is 0 Å². The second-order valence-electron chi connectivity index (χ2n) is 7.28. The molecule has 0 saturated carbocycles. The van der Waals surface area contributed by atoms with Gasteiger partial charge in [0.15, 0.2) is 0 Å². The predicted molar refractivity (Wildman–Crippen MR) is 102 cm³/mol. The van der Waals surface area contributed by atoms with Crippen LogP contribution in [0, 0.1) is 0 Å². The number of morpholine rings is 1. The van der Waals surface area contributed by atoms with Gasteiger partial charge in [-0.25, -0.2) is 0 Å². The fourth-order valence-corrected chi connectivity index (χ4v) is 4.14. The Labute approximate surface area is 151 Å². The van der Waals surface area contributed by atoms with Crippen molar-refractivity contribution in [2.75, 3.05) is 13.2 Å². The molecule has 2 bridgehead atoms. The zero-order valence-corrected chi connectivity index (χ0v) is 14.8. The maximum Gasteiger partial charge on any atom is 0.0658 e. The van der Waals surface area contributed by atoms with Gasteiger partial charge in [-0.05, 0) is 36.8 Å². The van der Waals surface area contributed by atoms with E-state index in [0.717, 1.165) is 26.2 Å². The first kappa shape index (κ1) is 16.6. The lowest BCUT2D eigenvalue weighted by Gasteiger charge is -2.45. The highest BCUT2D eigenvalue weighted by molar-refractivity contribution is 5.20. The van der Waals surface area contributed by atoms with Crippen molar-refractivity contribution in [1.29, 1.82) is 0 Å². The number of nitrogens with zero attached hydrogens (tertiary/aromatic N) is 1. The van der Waals surface area contributed by atoms with E-state index in [2.05, 4.69) is 71.6 Å². The molecular weight excluding hydrogens is 306 g/mol. The molecule has 4 rings (SSSR count). The Kier molecular flexibility index (Phi) is 5.29. The van der Waals surface area contributed by atoms with Crippen LogP contribution in [-0.2, 0) is 17.7 Å². The molecule has 0 radical (unpaired) electrons. The van der Waals surface area contributed by atoms with Gasteiger partial charge in [-0.1, -0.05) is 72.3 Å². The molecule has 2 aromatic rings. The molecule has 130 valence electrons. The van der Waals surface area contributed by atoms with Gasteiger partial charge < -0.3 is 4.74 Å². The topological polar surface area (TPSA) is 12.5 Å². The minimum Gasteiger partial charge on any atom is -0.378 e. The zero-order valence-electron chi connectivity index (χ0n) is 14.8. The molecule has 2 heterocycles. The van der Waals surface area contributed by atoms with E-state index < -0.39 is 0 Å². The highest BCUT2D eigenvalue weighted by Gasteiger charge is 2.34. The summed E-state index contributed by atoms with van der Waals surface area (Å²) in [4.78, 5) is 2.64. The molecule has 0 amide bonds. The second kappa shape index (κ2) is 7.99. The monoisotopic (exact) mass is 333 g/mol. The van der Waals surface area contributed by atoms with Gasteiger partial charge in [-0.15, -0.1) is 0 Å². The van der Waals surface area contributed by atoms with Crippen LogP contribution < -0.4 is 0 Å². The van der Waals surface area contributed by atoms with E-state index in [9.17, 15) is 0 Å². The molecule has 1 fully saturated rings. The number of hydrogen-bond donors (Lipinski definition) is 0. The molecule has 2 atom stereocenters. The average Bonchev–Trinajstić information content (AvgIpc) is 2.64. The van der Waals surface area contributed by atoms with E-state index in [1.54, 1.807) is 5.57 Å². The van der Waals surface area contributed by atoms with Gasteiger partial charge in [0.05, 0.1) is 19.3 Å². The van der Waals surface area contributed by atoms with Crippen LogP contribution in [0.25, 0.3) is 0 Å². The SMILES string of the molecule is C1=C(CCCc2ccccc2)CC2COCC1N2Cc1ccccc1. The fraction of sp³-hybridized carbons (Fsp3) is 0.391. The summed E-state index contributed by atoms with van der Waals surface area (Å²) in [6, 6.07) is 22.6. The van der Waals surface area contributed by atoms with Crippen molar-refractivity contribution in [2.45, 2.75) is 44.3 Å². The third-order valence-electron chi connectivity index (χ3n) is 5.43. The number of aryl methyl sites for hydroxylation is 1. The summed E-state index contributed by atoms with van der Waals surface area (Å²) in [7, 11) is 0. The normalized spacial score (nSPS) is 23.3. The molecule has 0 aliphatic carbocycles. The fourth-order valence-electron chi connectivity index (χ4n) is 4.14. The van der Waals surface area contributed by atoms with Crippen molar-refractivity contribution in [3.63, 3.8) is 0 Å². The first-order chi connectivity index (χ1) is 12.4. The molecule has 0 aromatic heterocycles. The van der Waals surface area contributed by atoms with E-state index >= 15 is 0 Å². The smallest absolute Gasteiger partial charge is 0.0658 e. The Balaban J connectivity index is 1.37. The summed E-state index contributed by atoms with van der Waals surface area (Å²) < 4.78 is 5.84. The van der Waals surface area contributed by atoms with Gasteiger partial charge >= 0.3 is 0 Å². The highest BCUT2D eigenvalue weighted by Crippen LogP contribution is 2.30. The Bertz CT molecular complexity index is 695. The molecule has 2 heteroatoms. The molecule has 2 aliphatic rings. The lowest BCUT2D eigenvalue weighted by Crippen LogP contribution is -2.53. The minimum absolute atomic E-state index is 0.444. The Morgan fingerprint density at radius 1 is 0.840 bits per heavy atom. The maximum atomic E-state index is 5.84. The lowest BCUT2D eigenvalue weighted by molar-refractivity contribution is -0.0442. The molecule has 2 unspecified atom stereocenters. The van der Waals surface area contributed by atoms with Gasteiger partial charge in [-0.2, -0.15) is 0 Å². The summed E-state index contributed by atoms with van der Waals surface area (Å²) in [6.07, 6.45) is 7.30. The van der Waals surface area contributed by atoms with Crippen molar-refractivity contribution >= 4 is 0 Å². The Morgan fingerprint density at radius 3 is 2.28 bits per heavy atom. The van der Waals surface area contributed by atoms with E-state index in [1.807, 2.05) is 0 Å². The van der Waals surface area contributed by atoms with Crippen LogP contribution in [0.15, 0.2) is 72.3 Å². The van der Waals surface area contributed by atoms with Crippen LogP contribution in [-0.4, -0.2) is 30.2 Å². The van der Waals surface area contributed by atoms with Crippen molar-refractivity contribution in [1.82, 2.24) is 4.90 Å². The summed E-state index contributed by atoms with van der Waals surface area (Å²) in [5.41, 5.74) is 4.49. The quantitative estimate of drug-likeness (QED) is 0.716. The number of hydrogen-bond acceptors (Lipinski definition) is 2. The van der Waals surface area contributed by atoms with Crippen molar-refractivity contribution in [2.24, 2.45) is 0 Å². The summed E-state index contributed by atoms with van der Waals surface area (Å²) >= 11 is 0. The number of rotatable bonds is 6. The van der Waals surface area contributed by atoms with Crippen molar-refractivity contribution < 1.29 is 4.74 Å². The minimum atomic E-state index is 0.444. The average molecular weight is 333 g/mol.